The predicted octanol–water partition coefficient (Wildman–Crippen LogP) is 3.71. The number of nitrogens with zero attached hydrogens (tertiary/aromatic N) is 2. The molecule has 0 aliphatic heterocycles. The number of nitrogen functional groups attached to an aromatic ring is 4. The Bertz CT molecular complexity index is 887. The first-order chi connectivity index (χ1) is 12.5. The lowest BCUT2D eigenvalue weighted by atomic mass is 10.2. The summed E-state index contributed by atoms with van der Waals surface area (Å²) in [6, 6.07) is 14.6. The lowest BCUT2D eigenvalue weighted by Crippen LogP contribution is -1.95. The van der Waals surface area contributed by atoms with Gasteiger partial charge in [-0.15, -0.1) is 0 Å². The van der Waals surface area contributed by atoms with E-state index in [9.17, 15) is 10.5 Å². The summed E-state index contributed by atoms with van der Waals surface area (Å²) in [7, 11) is 0. The molecule has 26 heavy (non-hydrogen) atoms. The van der Waals surface area contributed by atoms with Gasteiger partial charge in [-0.2, -0.15) is 10.5 Å². The second kappa shape index (κ2) is 8.77. The second-order valence-corrected chi connectivity index (χ2v) is 6.86. The van der Waals surface area contributed by atoms with Gasteiger partial charge in [0.25, 0.3) is 0 Å². The van der Waals surface area contributed by atoms with Gasteiger partial charge in [-0.25, -0.2) is 0 Å². The summed E-state index contributed by atoms with van der Waals surface area (Å²) in [5.41, 5.74) is 25.6. The van der Waals surface area contributed by atoms with Gasteiger partial charge in [0.2, 0.25) is 0 Å². The van der Waals surface area contributed by atoms with Crippen LogP contribution in [0.5, 0.6) is 0 Å². The van der Waals surface area contributed by atoms with Gasteiger partial charge in [-0.3, -0.25) is 0 Å². The molecule has 8 N–H and O–H groups in total. The van der Waals surface area contributed by atoms with E-state index in [4.69, 9.17) is 22.9 Å². The first-order valence-electron chi connectivity index (χ1n) is 7.30. The van der Waals surface area contributed by atoms with Gasteiger partial charge in [-0.1, -0.05) is 35.7 Å². The zero-order valence-electron chi connectivity index (χ0n) is 13.6. The standard InChI is InChI=1S/C18H16N6S2/c19-7-11(9-25-15-5-1-3-13(21)17(15)23)12(8-20)10-26-16-6-2-4-14(22)18(16)24/h1-6,9-10H,21-24H2/b11-9+,12-10+. The Morgan fingerprint density at radius 3 is 1.46 bits per heavy atom. The monoisotopic (exact) mass is 380 g/mol. The van der Waals surface area contributed by atoms with Gasteiger partial charge < -0.3 is 22.9 Å². The number of allylic oxidation sites excluding steroid dienone is 2. The highest BCUT2D eigenvalue weighted by Crippen LogP contribution is 2.34. The molecule has 0 spiro atoms. The highest BCUT2D eigenvalue weighted by molar-refractivity contribution is 8.02. The molecule has 0 atom stereocenters. The van der Waals surface area contributed by atoms with Crippen molar-refractivity contribution in [2.45, 2.75) is 9.79 Å². The second-order valence-electron chi connectivity index (χ2n) is 5.04. The van der Waals surface area contributed by atoms with Crippen LogP contribution in [-0.2, 0) is 0 Å². The van der Waals surface area contributed by atoms with E-state index in [0.717, 1.165) is 0 Å². The van der Waals surface area contributed by atoms with Crippen LogP contribution >= 0.6 is 23.5 Å². The largest absolute Gasteiger partial charge is 0.397 e. The quantitative estimate of drug-likeness (QED) is 0.265. The molecule has 2 aromatic rings. The van der Waals surface area contributed by atoms with E-state index in [0.29, 0.717) is 32.5 Å². The average molecular weight is 381 g/mol. The Hall–Kier alpha value is -3.20. The first-order valence-corrected chi connectivity index (χ1v) is 9.06. The molecular formula is C18H16N6S2. The van der Waals surface area contributed by atoms with Crippen LogP contribution in [0, 0.1) is 22.7 Å². The lowest BCUT2D eigenvalue weighted by Gasteiger charge is -2.06. The molecule has 0 aliphatic carbocycles. The Balaban J connectivity index is 2.26. The summed E-state index contributed by atoms with van der Waals surface area (Å²) in [5, 5.41) is 21.9. The maximum atomic E-state index is 9.39. The molecule has 0 aliphatic rings. The summed E-state index contributed by atoms with van der Waals surface area (Å²) in [4.78, 5) is 1.42. The van der Waals surface area contributed by atoms with Crippen LogP contribution in [0.3, 0.4) is 0 Å². The molecule has 0 heterocycles. The number of para-hydroxylation sites is 2. The molecule has 130 valence electrons. The normalized spacial score (nSPS) is 11.6. The maximum Gasteiger partial charge on any atom is 0.101 e. The lowest BCUT2D eigenvalue weighted by molar-refractivity contribution is 1.44. The fraction of sp³-hybridized carbons (Fsp3) is 0. The number of nitriles is 2. The maximum absolute atomic E-state index is 9.39. The van der Waals surface area contributed by atoms with E-state index in [-0.39, 0.29) is 11.1 Å². The molecule has 0 saturated heterocycles. The van der Waals surface area contributed by atoms with Gasteiger partial charge in [0.15, 0.2) is 0 Å². The molecule has 2 rings (SSSR count). The third kappa shape index (κ3) is 4.45. The van der Waals surface area contributed by atoms with E-state index in [1.165, 1.54) is 23.5 Å². The molecule has 0 unspecified atom stereocenters. The average Bonchev–Trinajstić information content (AvgIpc) is 2.64. The smallest absolute Gasteiger partial charge is 0.101 e. The van der Waals surface area contributed by atoms with E-state index in [1.807, 2.05) is 12.1 Å². The van der Waals surface area contributed by atoms with Crippen LogP contribution in [0.15, 0.2) is 68.2 Å². The molecule has 6 nitrogen and oxygen atoms in total. The molecule has 0 saturated carbocycles. The van der Waals surface area contributed by atoms with Crippen molar-refractivity contribution < 1.29 is 0 Å². The topological polar surface area (TPSA) is 152 Å². The molecule has 0 aromatic heterocycles. The van der Waals surface area contributed by atoms with Crippen molar-refractivity contribution in [2.24, 2.45) is 0 Å². The van der Waals surface area contributed by atoms with Gasteiger partial charge >= 0.3 is 0 Å². The summed E-state index contributed by atoms with van der Waals surface area (Å²) < 4.78 is 0. The fourth-order valence-corrected chi connectivity index (χ4v) is 3.53. The number of hydrogen-bond acceptors (Lipinski definition) is 8. The predicted molar refractivity (Wildman–Crippen MR) is 110 cm³/mol. The van der Waals surface area contributed by atoms with E-state index < -0.39 is 0 Å². The van der Waals surface area contributed by atoms with Crippen LogP contribution in [0.2, 0.25) is 0 Å². The van der Waals surface area contributed by atoms with Crippen molar-refractivity contribution in [3.63, 3.8) is 0 Å². The number of thioether (sulfide) groups is 2. The highest BCUT2D eigenvalue weighted by Gasteiger charge is 2.08. The minimum absolute atomic E-state index is 0.217. The molecule has 0 amide bonds. The van der Waals surface area contributed by atoms with E-state index >= 15 is 0 Å². The number of benzene rings is 2. The molecule has 2 aromatic carbocycles. The zero-order valence-corrected chi connectivity index (χ0v) is 15.3. The molecule has 0 radical (unpaired) electrons. The zero-order chi connectivity index (χ0) is 19.1. The Morgan fingerprint density at radius 2 is 1.12 bits per heavy atom. The summed E-state index contributed by atoms with van der Waals surface area (Å²) in [6.45, 7) is 0. The van der Waals surface area contributed by atoms with Gasteiger partial charge in [0.05, 0.1) is 33.9 Å². The van der Waals surface area contributed by atoms with Crippen molar-refractivity contribution in [3.8, 4) is 12.1 Å². The number of nitrogens with two attached hydrogens (primary N) is 4. The third-order valence-corrected chi connectivity index (χ3v) is 5.27. The SMILES string of the molecule is N#CC(=C\Sc1cccc(N)c1N)/C(C#N)=C/Sc1cccc(N)c1N. The van der Waals surface area contributed by atoms with Crippen molar-refractivity contribution in [1.29, 1.82) is 10.5 Å². The van der Waals surface area contributed by atoms with Crippen LogP contribution in [-0.4, -0.2) is 0 Å². The van der Waals surface area contributed by atoms with Gasteiger partial charge in [0.1, 0.15) is 12.1 Å². The van der Waals surface area contributed by atoms with Crippen molar-refractivity contribution in [3.05, 3.63) is 58.4 Å². The first kappa shape index (κ1) is 19.1. The van der Waals surface area contributed by atoms with Crippen molar-refractivity contribution >= 4 is 46.3 Å². The van der Waals surface area contributed by atoms with Gasteiger partial charge in [0, 0.05) is 9.79 Å². The molecular weight excluding hydrogens is 364 g/mol. The van der Waals surface area contributed by atoms with Gasteiger partial charge in [-0.05, 0) is 35.1 Å². The van der Waals surface area contributed by atoms with Crippen LogP contribution in [0.4, 0.5) is 22.7 Å². The van der Waals surface area contributed by atoms with Crippen LogP contribution in [0.1, 0.15) is 0 Å². The Morgan fingerprint density at radius 1 is 0.731 bits per heavy atom. The van der Waals surface area contributed by atoms with E-state index in [2.05, 4.69) is 0 Å². The van der Waals surface area contributed by atoms with Crippen LogP contribution < -0.4 is 22.9 Å². The molecule has 0 fully saturated rings. The summed E-state index contributed by atoms with van der Waals surface area (Å²) >= 11 is 2.46. The van der Waals surface area contributed by atoms with Crippen molar-refractivity contribution in [2.75, 3.05) is 22.9 Å². The number of anilines is 4. The number of rotatable bonds is 5. The van der Waals surface area contributed by atoms with Crippen LogP contribution in [0.25, 0.3) is 0 Å². The minimum atomic E-state index is 0.217. The Labute approximate surface area is 160 Å². The highest BCUT2D eigenvalue weighted by atomic mass is 32.2. The molecule has 0 bridgehead atoms. The summed E-state index contributed by atoms with van der Waals surface area (Å²) in [5.74, 6) is 0. The summed E-state index contributed by atoms with van der Waals surface area (Å²) in [6.07, 6.45) is 0. The Kier molecular flexibility index (Phi) is 6.45. The fourth-order valence-electron chi connectivity index (χ4n) is 1.87. The third-order valence-electron chi connectivity index (χ3n) is 3.34. The van der Waals surface area contributed by atoms with Crippen molar-refractivity contribution in [1.82, 2.24) is 0 Å². The number of hydrogen-bond donors (Lipinski definition) is 4. The van der Waals surface area contributed by atoms with E-state index in [1.54, 1.807) is 47.2 Å². The molecule has 8 heteroatoms. The minimum Gasteiger partial charge on any atom is -0.397 e.